The van der Waals surface area contributed by atoms with Gasteiger partial charge in [-0.05, 0) is 24.3 Å². The zero-order valence-electron chi connectivity index (χ0n) is 12.6. The number of para-hydroxylation sites is 1. The van der Waals surface area contributed by atoms with E-state index in [2.05, 4.69) is 10.2 Å². The Hall–Kier alpha value is -2.80. The third kappa shape index (κ3) is 3.94. The van der Waals surface area contributed by atoms with E-state index in [1.165, 1.54) is 17.8 Å². The van der Waals surface area contributed by atoms with Gasteiger partial charge in [-0.2, -0.15) is 0 Å². The summed E-state index contributed by atoms with van der Waals surface area (Å²) in [5.41, 5.74) is 1.01. The Morgan fingerprint density at radius 1 is 1.08 bits per heavy atom. The lowest BCUT2D eigenvalue weighted by Gasteiger charge is -2.07. The van der Waals surface area contributed by atoms with Crippen molar-refractivity contribution in [2.75, 3.05) is 12.4 Å². The maximum atomic E-state index is 11.1. The highest BCUT2D eigenvalue weighted by molar-refractivity contribution is 7.99. The first kappa shape index (κ1) is 16.1. The molecule has 0 bridgehead atoms. The smallest absolute Gasteiger partial charge is 0.339 e. The molecule has 6 nitrogen and oxygen atoms in total. The van der Waals surface area contributed by atoms with Crippen molar-refractivity contribution >= 4 is 17.7 Å². The van der Waals surface area contributed by atoms with E-state index in [0.717, 1.165) is 5.56 Å². The number of ether oxygens (including phenoxy) is 1. The Kier molecular flexibility index (Phi) is 5.12. The van der Waals surface area contributed by atoms with Crippen molar-refractivity contribution in [3.63, 3.8) is 0 Å². The molecule has 0 atom stereocenters. The number of aromatic nitrogens is 2. The van der Waals surface area contributed by atoms with Crippen LogP contribution >= 0.6 is 11.8 Å². The van der Waals surface area contributed by atoms with E-state index in [9.17, 15) is 4.79 Å². The predicted octanol–water partition coefficient (Wildman–Crippen LogP) is 3.61. The normalized spacial score (nSPS) is 10.5. The number of aromatic carboxylic acids is 1. The first-order valence-electron chi connectivity index (χ1n) is 7.21. The van der Waals surface area contributed by atoms with Gasteiger partial charge >= 0.3 is 5.97 Å². The lowest BCUT2D eigenvalue weighted by Crippen LogP contribution is -2.05. The van der Waals surface area contributed by atoms with Crippen LogP contribution in [0.25, 0.3) is 11.5 Å². The Bertz CT molecular complexity index is 820. The maximum Gasteiger partial charge on any atom is 0.339 e. The van der Waals surface area contributed by atoms with E-state index in [4.69, 9.17) is 14.3 Å². The quantitative estimate of drug-likeness (QED) is 0.518. The van der Waals surface area contributed by atoms with Crippen molar-refractivity contribution in [2.45, 2.75) is 5.22 Å². The summed E-state index contributed by atoms with van der Waals surface area (Å²) in [6.07, 6.45) is 0. The highest BCUT2D eigenvalue weighted by Crippen LogP contribution is 2.23. The van der Waals surface area contributed by atoms with Gasteiger partial charge in [0.15, 0.2) is 0 Å². The van der Waals surface area contributed by atoms with Gasteiger partial charge in [0.1, 0.15) is 11.3 Å². The predicted molar refractivity (Wildman–Crippen MR) is 89.4 cm³/mol. The molecule has 0 spiro atoms. The summed E-state index contributed by atoms with van der Waals surface area (Å²) in [6, 6.07) is 16.1. The molecule has 0 saturated carbocycles. The molecule has 0 unspecified atom stereocenters. The van der Waals surface area contributed by atoms with Crippen LogP contribution < -0.4 is 4.74 Å². The Balaban J connectivity index is 1.53. The monoisotopic (exact) mass is 342 g/mol. The molecule has 0 aliphatic heterocycles. The molecule has 1 heterocycles. The van der Waals surface area contributed by atoms with Crippen molar-refractivity contribution < 1.29 is 19.1 Å². The number of nitrogens with zero attached hydrogens (tertiary/aromatic N) is 2. The van der Waals surface area contributed by atoms with Crippen molar-refractivity contribution in [3.05, 3.63) is 60.2 Å². The van der Waals surface area contributed by atoms with Crippen LogP contribution in [-0.4, -0.2) is 33.6 Å². The molecule has 3 rings (SSSR count). The second-order valence-electron chi connectivity index (χ2n) is 4.74. The number of hydrogen-bond acceptors (Lipinski definition) is 6. The molecular weight excluding hydrogens is 328 g/mol. The summed E-state index contributed by atoms with van der Waals surface area (Å²) >= 11 is 1.36. The van der Waals surface area contributed by atoms with E-state index in [1.807, 2.05) is 30.3 Å². The molecule has 7 heteroatoms. The van der Waals surface area contributed by atoms with Crippen molar-refractivity contribution in [1.29, 1.82) is 0 Å². The van der Waals surface area contributed by atoms with E-state index < -0.39 is 5.97 Å². The summed E-state index contributed by atoms with van der Waals surface area (Å²) in [4.78, 5) is 11.1. The van der Waals surface area contributed by atoms with Crippen LogP contribution in [0.3, 0.4) is 0 Å². The van der Waals surface area contributed by atoms with Gasteiger partial charge in [-0.25, -0.2) is 4.79 Å². The first-order chi connectivity index (χ1) is 11.7. The molecule has 122 valence electrons. The van der Waals surface area contributed by atoms with Crippen molar-refractivity contribution in [2.24, 2.45) is 0 Å². The molecule has 3 aromatic rings. The molecule has 24 heavy (non-hydrogen) atoms. The van der Waals surface area contributed by atoms with E-state index in [0.29, 0.717) is 29.2 Å². The lowest BCUT2D eigenvalue weighted by molar-refractivity contribution is 0.0692. The zero-order chi connectivity index (χ0) is 16.8. The largest absolute Gasteiger partial charge is 0.492 e. The molecule has 0 saturated heterocycles. The topological polar surface area (TPSA) is 85.5 Å². The average Bonchev–Trinajstić information content (AvgIpc) is 3.09. The number of hydrogen-bond donors (Lipinski definition) is 1. The van der Waals surface area contributed by atoms with Gasteiger partial charge in [0.25, 0.3) is 5.22 Å². The average molecular weight is 342 g/mol. The Morgan fingerprint density at radius 3 is 2.62 bits per heavy atom. The van der Waals surface area contributed by atoms with Gasteiger partial charge in [-0.15, -0.1) is 10.2 Å². The molecular formula is C17H14N2O4S. The van der Waals surface area contributed by atoms with Crippen LogP contribution in [0.1, 0.15) is 10.4 Å². The van der Waals surface area contributed by atoms with Gasteiger partial charge in [0.05, 0.1) is 6.61 Å². The lowest BCUT2D eigenvalue weighted by atomic mass is 10.2. The fourth-order valence-corrected chi connectivity index (χ4v) is 2.59. The number of thioether (sulfide) groups is 1. The Labute approximate surface area is 142 Å². The fraction of sp³-hybridized carbons (Fsp3) is 0.118. The fourth-order valence-electron chi connectivity index (χ4n) is 2.02. The van der Waals surface area contributed by atoms with Crippen LogP contribution in [0.5, 0.6) is 5.75 Å². The summed E-state index contributed by atoms with van der Waals surface area (Å²) in [6.45, 7) is 0.331. The van der Waals surface area contributed by atoms with Crippen molar-refractivity contribution in [1.82, 2.24) is 10.2 Å². The molecule has 0 amide bonds. The summed E-state index contributed by atoms with van der Waals surface area (Å²) in [5, 5.41) is 17.5. The highest BCUT2D eigenvalue weighted by Gasteiger charge is 2.11. The zero-order valence-corrected chi connectivity index (χ0v) is 13.4. The molecule has 1 N–H and O–H groups in total. The number of benzene rings is 2. The van der Waals surface area contributed by atoms with E-state index in [-0.39, 0.29) is 5.56 Å². The molecule has 0 aliphatic carbocycles. The summed E-state index contributed by atoms with van der Waals surface area (Å²) in [5.74, 6) is 0.365. The molecule has 2 aromatic carbocycles. The van der Waals surface area contributed by atoms with Crippen LogP contribution in [0, 0.1) is 0 Å². The molecule has 0 radical (unpaired) electrons. The minimum Gasteiger partial charge on any atom is -0.492 e. The number of carboxylic acid groups (broad SMARTS) is 1. The number of carboxylic acids is 1. The van der Waals surface area contributed by atoms with Gasteiger partial charge in [0, 0.05) is 11.3 Å². The van der Waals surface area contributed by atoms with Crippen LogP contribution in [0.4, 0.5) is 0 Å². The molecule has 1 aromatic heterocycles. The third-order valence-corrected chi connectivity index (χ3v) is 3.89. The SMILES string of the molecule is O=C(O)c1ccccc1OCCSc1nnc(-c2ccccc2)o1. The first-order valence-corrected chi connectivity index (χ1v) is 8.19. The minimum atomic E-state index is -1.01. The number of rotatable bonds is 7. The standard InChI is InChI=1S/C17H14N2O4S/c20-16(21)13-8-4-5-9-14(13)22-10-11-24-17-19-18-15(23-17)12-6-2-1-3-7-12/h1-9H,10-11H2,(H,20,21). The maximum absolute atomic E-state index is 11.1. The van der Waals surface area contributed by atoms with E-state index in [1.54, 1.807) is 18.2 Å². The Morgan fingerprint density at radius 2 is 1.83 bits per heavy atom. The highest BCUT2D eigenvalue weighted by atomic mass is 32.2. The molecule has 0 fully saturated rings. The van der Waals surface area contributed by atoms with Crippen LogP contribution in [-0.2, 0) is 0 Å². The van der Waals surface area contributed by atoms with Gasteiger partial charge in [-0.1, -0.05) is 42.1 Å². The number of carbonyl (C=O) groups is 1. The van der Waals surface area contributed by atoms with E-state index >= 15 is 0 Å². The van der Waals surface area contributed by atoms with Crippen molar-refractivity contribution in [3.8, 4) is 17.2 Å². The van der Waals surface area contributed by atoms with Gasteiger partial charge in [0.2, 0.25) is 5.89 Å². The van der Waals surface area contributed by atoms with Crippen LogP contribution in [0.2, 0.25) is 0 Å². The van der Waals surface area contributed by atoms with Gasteiger partial charge < -0.3 is 14.3 Å². The summed E-state index contributed by atoms with van der Waals surface area (Å²) < 4.78 is 11.1. The summed E-state index contributed by atoms with van der Waals surface area (Å²) in [7, 11) is 0. The second-order valence-corrected chi connectivity index (χ2v) is 5.78. The van der Waals surface area contributed by atoms with Crippen LogP contribution in [0.15, 0.2) is 64.2 Å². The van der Waals surface area contributed by atoms with Gasteiger partial charge in [-0.3, -0.25) is 0 Å². The second kappa shape index (κ2) is 7.65. The minimum absolute atomic E-state index is 0.145. The molecule has 0 aliphatic rings. The third-order valence-electron chi connectivity index (χ3n) is 3.11.